The molecule has 2 aromatic carbocycles. The monoisotopic (exact) mass is 556 g/mol. The number of aromatic nitrogens is 2. The molecule has 8 heteroatoms. The van der Waals surface area contributed by atoms with Gasteiger partial charge in [0, 0.05) is 57.4 Å². The minimum atomic E-state index is -0.00968. The number of piperidine rings is 1. The normalized spacial score (nSPS) is 20.5. The second-order valence-corrected chi connectivity index (χ2v) is 12.0. The third-order valence-electron chi connectivity index (χ3n) is 8.78. The third-order valence-corrected chi connectivity index (χ3v) is 9.03. The molecule has 1 aromatic heterocycles. The maximum absolute atomic E-state index is 5.81. The number of fused-ring (bicyclic) bond motifs is 1. The van der Waals surface area contributed by atoms with E-state index < -0.39 is 0 Å². The van der Waals surface area contributed by atoms with Gasteiger partial charge in [-0.25, -0.2) is 0 Å². The quantitative estimate of drug-likeness (QED) is 0.396. The molecule has 2 N–H and O–H groups in total. The average molecular weight is 557 g/mol. The van der Waals surface area contributed by atoms with Crippen molar-refractivity contribution >= 4 is 34.9 Å². The van der Waals surface area contributed by atoms with Crippen LogP contribution in [0.2, 0.25) is 0 Å². The lowest BCUT2D eigenvalue weighted by Gasteiger charge is -2.38. The molecule has 0 bridgehead atoms. The zero-order valence-electron chi connectivity index (χ0n) is 23.4. The highest BCUT2D eigenvalue weighted by atomic mass is 32.1. The fourth-order valence-electron chi connectivity index (χ4n) is 6.41. The van der Waals surface area contributed by atoms with Gasteiger partial charge in [-0.15, -0.1) is 0 Å². The lowest BCUT2D eigenvalue weighted by atomic mass is 9.74. The highest BCUT2D eigenvalue weighted by Crippen LogP contribution is 2.34. The van der Waals surface area contributed by atoms with Crippen LogP contribution in [0.1, 0.15) is 49.3 Å². The molecule has 3 aliphatic rings. The number of nitrogens with one attached hydrogen (secondary N) is 2. The highest BCUT2D eigenvalue weighted by molar-refractivity contribution is 7.80. The van der Waals surface area contributed by atoms with Gasteiger partial charge in [-0.2, -0.15) is 9.97 Å². The fraction of sp³-hybridized carbons (Fsp3) is 0.469. The summed E-state index contributed by atoms with van der Waals surface area (Å²) in [5.41, 5.74) is 4.13. The Morgan fingerprint density at radius 3 is 2.48 bits per heavy atom. The number of ether oxygens (including phenoxy) is 1. The lowest BCUT2D eigenvalue weighted by Crippen LogP contribution is -2.45. The van der Waals surface area contributed by atoms with Gasteiger partial charge in [0.05, 0.1) is 0 Å². The summed E-state index contributed by atoms with van der Waals surface area (Å²) in [4.78, 5) is 14.7. The molecular formula is C32H40N6OS. The van der Waals surface area contributed by atoms with Crippen molar-refractivity contribution in [2.75, 3.05) is 54.5 Å². The van der Waals surface area contributed by atoms with Crippen LogP contribution in [0.4, 0.5) is 17.6 Å². The summed E-state index contributed by atoms with van der Waals surface area (Å²) in [6.45, 7) is 8.42. The summed E-state index contributed by atoms with van der Waals surface area (Å²) >= 11 is 5.81. The van der Waals surface area contributed by atoms with Crippen LogP contribution < -0.4 is 20.4 Å². The Balaban J connectivity index is 1.21. The molecule has 6 rings (SSSR count). The highest BCUT2D eigenvalue weighted by Gasteiger charge is 2.34. The Kier molecular flexibility index (Phi) is 8.16. The van der Waals surface area contributed by atoms with Crippen molar-refractivity contribution in [2.45, 2.75) is 51.0 Å². The first-order valence-electron chi connectivity index (χ1n) is 14.7. The first-order valence-corrected chi connectivity index (χ1v) is 15.1. The number of thiocarbonyl (C=S) groups is 1. The van der Waals surface area contributed by atoms with E-state index in [-0.39, 0.29) is 5.41 Å². The summed E-state index contributed by atoms with van der Waals surface area (Å²) in [5.74, 6) is 3.14. The summed E-state index contributed by atoms with van der Waals surface area (Å²) < 4.78 is 5.71. The predicted octanol–water partition coefficient (Wildman–Crippen LogP) is 5.31. The first kappa shape index (κ1) is 27.0. The number of hydrogen-bond acceptors (Lipinski definition) is 6. The standard InChI is InChI=1S/C32H40N6OS/c1-24-8-7-16-37(21-24)28-20-29(38-17-13-25-9-5-6-10-26(25)22-38)35-30(34-28)36-31(40)33-23-32(14-18-39-19-15-32)27-11-3-2-4-12-27/h2-6,9-12,20,24H,7-8,13-19,21-23H2,1H3,(H2,33,34,35,36,40)/t24-/m1/s1. The number of hydrogen-bond donors (Lipinski definition) is 2. The van der Waals surface area contributed by atoms with Crippen molar-refractivity contribution < 1.29 is 4.74 Å². The van der Waals surface area contributed by atoms with E-state index >= 15 is 0 Å². The van der Waals surface area contributed by atoms with Crippen molar-refractivity contribution in [1.29, 1.82) is 0 Å². The van der Waals surface area contributed by atoms with Gasteiger partial charge in [0.1, 0.15) is 11.6 Å². The van der Waals surface area contributed by atoms with Crippen LogP contribution in [0.15, 0.2) is 60.7 Å². The second kappa shape index (κ2) is 12.1. The van der Waals surface area contributed by atoms with Gasteiger partial charge in [-0.1, -0.05) is 61.5 Å². The van der Waals surface area contributed by atoms with Crippen LogP contribution in [0.25, 0.3) is 0 Å². The maximum atomic E-state index is 5.81. The minimum absolute atomic E-state index is 0.00968. The molecule has 0 amide bonds. The van der Waals surface area contributed by atoms with Crippen molar-refractivity contribution in [3.8, 4) is 0 Å². The Hall–Kier alpha value is -3.23. The van der Waals surface area contributed by atoms with Crippen molar-refractivity contribution in [2.24, 2.45) is 5.92 Å². The van der Waals surface area contributed by atoms with E-state index in [4.69, 9.17) is 26.9 Å². The largest absolute Gasteiger partial charge is 0.381 e. The molecule has 210 valence electrons. The first-order chi connectivity index (χ1) is 19.6. The van der Waals surface area contributed by atoms with E-state index in [2.05, 4.69) is 88.0 Å². The zero-order chi connectivity index (χ0) is 27.4. The molecular weight excluding hydrogens is 516 g/mol. The third kappa shape index (κ3) is 6.08. The van der Waals surface area contributed by atoms with E-state index in [1.807, 2.05) is 0 Å². The van der Waals surface area contributed by atoms with E-state index in [1.165, 1.54) is 29.5 Å². The molecule has 3 aliphatic heterocycles. The molecule has 3 aromatic rings. The lowest BCUT2D eigenvalue weighted by molar-refractivity contribution is 0.0515. The fourth-order valence-corrected chi connectivity index (χ4v) is 6.57. The SMILES string of the molecule is C[C@@H]1CCCN(c2cc(N3CCc4ccccc4C3)nc(NC(=S)NCC3(c4ccccc4)CCOCC3)n2)C1. The van der Waals surface area contributed by atoms with Crippen LogP contribution >= 0.6 is 12.2 Å². The smallest absolute Gasteiger partial charge is 0.232 e. The Morgan fingerprint density at radius 1 is 0.975 bits per heavy atom. The van der Waals surface area contributed by atoms with E-state index in [0.29, 0.717) is 17.0 Å². The Labute approximate surface area is 243 Å². The predicted molar refractivity (Wildman–Crippen MR) is 166 cm³/mol. The molecule has 7 nitrogen and oxygen atoms in total. The van der Waals surface area contributed by atoms with Gasteiger partial charge in [0.15, 0.2) is 5.11 Å². The summed E-state index contributed by atoms with van der Waals surface area (Å²) in [7, 11) is 0. The molecule has 2 fully saturated rings. The Bertz CT molecular complexity index is 1310. The van der Waals surface area contributed by atoms with Crippen LogP contribution in [0.3, 0.4) is 0 Å². The summed E-state index contributed by atoms with van der Waals surface area (Å²) in [6.07, 6.45) is 5.40. The molecule has 0 spiro atoms. The van der Waals surface area contributed by atoms with E-state index in [0.717, 1.165) is 76.8 Å². The average Bonchev–Trinajstić information content (AvgIpc) is 3.00. The number of rotatable bonds is 6. The Morgan fingerprint density at radius 2 is 1.70 bits per heavy atom. The van der Waals surface area contributed by atoms with Crippen LogP contribution in [0.5, 0.6) is 0 Å². The van der Waals surface area contributed by atoms with Gasteiger partial charge in [-0.05, 0) is 66.9 Å². The summed E-state index contributed by atoms with van der Waals surface area (Å²) in [6, 6.07) is 21.6. The molecule has 4 heterocycles. The van der Waals surface area contributed by atoms with Gasteiger partial charge in [0.25, 0.3) is 0 Å². The van der Waals surface area contributed by atoms with Gasteiger partial charge in [-0.3, -0.25) is 0 Å². The van der Waals surface area contributed by atoms with Gasteiger partial charge < -0.3 is 25.2 Å². The molecule has 1 atom stereocenters. The maximum Gasteiger partial charge on any atom is 0.232 e. The van der Waals surface area contributed by atoms with Crippen molar-refractivity contribution in [1.82, 2.24) is 15.3 Å². The molecule has 0 radical (unpaired) electrons. The zero-order valence-corrected chi connectivity index (χ0v) is 24.3. The number of nitrogens with zero attached hydrogens (tertiary/aromatic N) is 4. The van der Waals surface area contributed by atoms with E-state index in [9.17, 15) is 0 Å². The molecule has 2 saturated heterocycles. The topological polar surface area (TPSA) is 65.5 Å². The van der Waals surface area contributed by atoms with Gasteiger partial charge in [0.2, 0.25) is 5.95 Å². The van der Waals surface area contributed by atoms with Crippen molar-refractivity contribution in [3.05, 3.63) is 77.4 Å². The molecule has 0 aliphatic carbocycles. The van der Waals surface area contributed by atoms with Gasteiger partial charge >= 0.3 is 0 Å². The molecule has 0 unspecified atom stereocenters. The second-order valence-electron chi connectivity index (χ2n) is 11.6. The molecule has 40 heavy (non-hydrogen) atoms. The van der Waals surface area contributed by atoms with Crippen molar-refractivity contribution in [3.63, 3.8) is 0 Å². The minimum Gasteiger partial charge on any atom is -0.381 e. The van der Waals surface area contributed by atoms with Crippen LogP contribution in [0, 0.1) is 5.92 Å². The summed E-state index contributed by atoms with van der Waals surface area (Å²) in [5, 5.41) is 7.43. The van der Waals surface area contributed by atoms with Crippen LogP contribution in [-0.2, 0) is 23.1 Å². The molecule has 0 saturated carbocycles. The van der Waals surface area contributed by atoms with Crippen LogP contribution in [-0.4, -0.2) is 54.5 Å². The van der Waals surface area contributed by atoms with E-state index in [1.54, 1.807) is 0 Å². The number of benzene rings is 2. The number of anilines is 3.